The van der Waals surface area contributed by atoms with Crippen molar-refractivity contribution in [3.05, 3.63) is 58.8 Å². The van der Waals surface area contributed by atoms with Gasteiger partial charge in [-0.25, -0.2) is 13.6 Å². The second-order valence-electron chi connectivity index (χ2n) is 7.60. The molecule has 0 spiro atoms. The van der Waals surface area contributed by atoms with Gasteiger partial charge < -0.3 is 14.4 Å². The lowest BCUT2D eigenvalue weighted by atomic mass is 10.0. The summed E-state index contributed by atoms with van der Waals surface area (Å²) in [5.41, 5.74) is 3.89. The van der Waals surface area contributed by atoms with Crippen LogP contribution < -0.4 is 19.5 Å². The first-order chi connectivity index (χ1) is 15.2. The van der Waals surface area contributed by atoms with Crippen LogP contribution in [-0.2, 0) is 22.3 Å². The van der Waals surface area contributed by atoms with Crippen LogP contribution in [-0.4, -0.2) is 32.5 Å². The molecule has 0 fully saturated rings. The molecule has 2 aromatic carbocycles. The van der Waals surface area contributed by atoms with Crippen molar-refractivity contribution >= 4 is 32.5 Å². The minimum atomic E-state index is -3.65. The number of fused-ring (bicyclic) bond motifs is 2. The fourth-order valence-electron chi connectivity index (χ4n) is 4.17. The average molecular weight is 456 g/mol. The van der Waals surface area contributed by atoms with Crippen LogP contribution in [0.25, 0.3) is 10.9 Å². The van der Waals surface area contributed by atoms with Crippen molar-refractivity contribution in [2.75, 3.05) is 18.1 Å². The highest BCUT2D eigenvalue weighted by Crippen LogP contribution is 2.45. The molecule has 0 bridgehead atoms. The molecule has 0 unspecified atom stereocenters. The van der Waals surface area contributed by atoms with Crippen molar-refractivity contribution in [3.8, 4) is 11.5 Å². The van der Waals surface area contributed by atoms with Gasteiger partial charge in [0.15, 0.2) is 5.75 Å². The van der Waals surface area contributed by atoms with E-state index in [4.69, 9.17) is 14.6 Å². The Morgan fingerprint density at radius 3 is 2.50 bits per heavy atom. The van der Waals surface area contributed by atoms with E-state index in [9.17, 15) is 13.2 Å². The smallest absolute Gasteiger partial charge is 0.262 e. The number of amides is 1. The van der Waals surface area contributed by atoms with Gasteiger partial charge in [0.2, 0.25) is 10.0 Å². The maximum atomic E-state index is 13.6. The minimum absolute atomic E-state index is 0.197. The number of pyridine rings is 1. The Labute approximate surface area is 187 Å². The molecule has 0 aliphatic carbocycles. The van der Waals surface area contributed by atoms with Crippen LogP contribution in [0.4, 0.5) is 5.69 Å². The SMILES string of the molecule is CCOc1c2c(c(OCC)c3ncccc13)CN(c1ccc(CS(N)(=O)=O)cc1C)C2=O. The van der Waals surface area contributed by atoms with E-state index in [2.05, 4.69) is 4.98 Å². The molecule has 1 aliphatic heterocycles. The quantitative estimate of drug-likeness (QED) is 0.585. The van der Waals surface area contributed by atoms with Crippen LogP contribution in [0.15, 0.2) is 36.5 Å². The van der Waals surface area contributed by atoms with Crippen molar-refractivity contribution in [2.45, 2.75) is 33.1 Å². The molecule has 1 amide bonds. The Kier molecular flexibility index (Phi) is 5.79. The van der Waals surface area contributed by atoms with Crippen molar-refractivity contribution < 1.29 is 22.7 Å². The number of anilines is 1. The van der Waals surface area contributed by atoms with Gasteiger partial charge in [-0.2, -0.15) is 0 Å². The normalized spacial score (nSPS) is 13.5. The van der Waals surface area contributed by atoms with Gasteiger partial charge in [-0.15, -0.1) is 0 Å². The monoisotopic (exact) mass is 455 g/mol. The molecule has 0 saturated carbocycles. The number of aryl methyl sites for hydroxylation is 1. The molecule has 9 heteroatoms. The number of primary sulfonamides is 1. The topological polar surface area (TPSA) is 112 Å². The standard InChI is InChI=1S/C23H25N3O5S/c1-4-30-21-16-7-6-10-25-20(16)22(31-5-2)17-12-26(23(27)19(17)21)18-9-8-15(11-14(18)3)13-32(24,28)29/h6-11H,4-5,12-13H2,1-3H3,(H2,24,28,29). The Morgan fingerprint density at radius 2 is 1.84 bits per heavy atom. The molecule has 0 atom stereocenters. The minimum Gasteiger partial charge on any atom is -0.492 e. The zero-order valence-electron chi connectivity index (χ0n) is 18.2. The highest BCUT2D eigenvalue weighted by atomic mass is 32.2. The highest BCUT2D eigenvalue weighted by Gasteiger charge is 2.37. The number of benzene rings is 2. The molecule has 32 heavy (non-hydrogen) atoms. The van der Waals surface area contributed by atoms with E-state index in [0.717, 1.165) is 16.5 Å². The summed E-state index contributed by atoms with van der Waals surface area (Å²) < 4.78 is 34.8. The van der Waals surface area contributed by atoms with Gasteiger partial charge in [0.25, 0.3) is 5.91 Å². The summed E-state index contributed by atoms with van der Waals surface area (Å²) in [4.78, 5) is 19.8. The first-order valence-corrected chi connectivity index (χ1v) is 12.1. The fraction of sp³-hybridized carbons (Fsp3) is 0.304. The Balaban J connectivity index is 1.85. The van der Waals surface area contributed by atoms with Crippen LogP contribution in [0.1, 0.15) is 40.9 Å². The fourth-order valence-corrected chi connectivity index (χ4v) is 4.81. The Bertz CT molecular complexity index is 1320. The summed E-state index contributed by atoms with van der Waals surface area (Å²) in [5, 5.41) is 5.90. The number of rotatable bonds is 7. The number of aromatic nitrogens is 1. The lowest BCUT2D eigenvalue weighted by Crippen LogP contribution is -2.24. The largest absolute Gasteiger partial charge is 0.492 e. The van der Waals surface area contributed by atoms with E-state index < -0.39 is 10.0 Å². The molecule has 3 aromatic rings. The molecule has 0 radical (unpaired) electrons. The second-order valence-corrected chi connectivity index (χ2v) is 9.21. The number of sulfonamides is 1. The Hall–Kier alpha value is -3.17. The number of hydrogen-bond acceptors (Lipinski definition) is 6. The first kappa shape index (κ1) is 22.0. The van der Waals surface area contributed by atoms with Gasteiger partial charge in [-0.3, -0.25) is 9.78 Å². The van der Waals surface area contributed by atoms with E-state index in [1.54, 1.807) is 35.4 Å². The molecular weight excluding hydrogens is 430 g/mol. The summed E-state index contributed by atoms with van der Waals surface area (Å²) >= 11 is 0. The number of carbonyl (C=O) groups excluding carboxylic acids is 1. The number of ether oxygens (including phenoxy) is 2. The third kappa shape index (κ3) is 3.89. The number of hydrogen-bond donors (Lipinski definition) is 1. The number of carbonyl (C=O) groups is 1. The predicted octanol–water partition coefficient (Wildman–Crippen LogP) is 3.29. The molecule has 0 saturated heterocycles. The van der Waals surface area contributed by atoms with Crippen LogP contribution in [0.3, 0.4) is 0 Å². The van der Waals surface area contributed by atoms with E-state index in [-0.39, 0.29) is 11.7 Å². The van der Waals surface area contributed by atoms with E-state index in [1.165, 1.54) is 0 Å². The first-order valence-electron chi connectivity index (χ1n) is 10.4. The number of nitrogens with zero attached hydrogens (tertiary/aromatic N) is 2. The average Bonchev–Trinajstić information content (AvgIpc) is 3.06. The van der Waals surface area contributed by atoms with E-state index in [0.29, 0.717) is 53.6 Å². The molecule has 1 aliphatic rings. The van der Waals surface area contributed by atoms with Crippen molar-refractivity contribution in [1.82, 2.24) is 4.98 Å². The second kappa shape index (κ2) is 8.40. The molecule has 1 aromatic heterocycles. The molecule has 8 nitrogen and oxygen atoms in total. The maximum Gasteiger partial charge on any atom is 0.262 e. The van der Waals surface area contributed by atoms with Crippen molar-refractivity contribution in [2.24, 2.45) is 5.14 Å². The summed E-state index contributed by atoms with van der Waals surface area (Å²) in [6.07, 6.45) is 1.69. The van der Waals surface area contributed by atoms with Gasteiger partial charge in [0.05, 0.1) is 31.1 Å². The molecular formula is C23H25N3O5S. The van der Waals surface area contributed by atoms with Crippen molar-refractivity contribution in [3.63, 3.8) is 0 Å². The zero-order chi connectivity index (χ0) is 23.0. The van der Waals surface area contributed by atoms with Crippen LogP contribution >= 0.6 is 0 Å². The van der Waals surface area contributed by atoms with Crippen LogP contribution in [0.5, 0.6) is 11.5 Å². The summed E-state index contributed by atoms with van der Waals surface area (Å²) in [6, 6.07) is 8.84. The summed E-state index contributed by atoms with van der Waals surface area (Å²) in [6.45, 7) is 6.73. The van der Waals surface area contributed by atoms with Gasteiger partial charge in [-0.1, -0.05) is 12.1 Å². The van der Waals surface area contributed by atoms with Crippen molar-refractivity contribution in [1.29, 1.82) is 0 Å². The van der Waals surface area contributed by atoms with Crippen LogP contribution in [0, 0.1) is 6.92 Å². The lowest BCUT2D eigenvalue weighted by Gasteiger charge is -2.19. The summed E-state index contributed by atoms with van der Waals surface area (Å²) in [7, 11) is -3.65. The Morgan fingerprint density at radius 1 is 1.12 bits per heavy atom. The van der Waals surface area contributed by atoms with E-state index >= 15 is 0 Å². The maximum absolute atomic E-state index is 13.6. The summed E-state index contributed by atoms with van der Waals surface area (Å²) in [5.74, 6) is 0.630. The number of nitrogens with two attached hydrogens (primary N) is 1. The van der Waals surface area contributed by atoms with Gasteiger partial charge in [-0.05, 0) is 50.1 Å². The molecule has 2 N–H and O–H groups in total. The van der Waals surface area contributed by atoms with Gasteiger partial charge in [0, 0.05) is 22.8 Å². The van der Waals surface area contributed by atoms with Gasteiger partial charge >= 0.3 is 0 Å². The van der Waals surface area contributed by atoms with Gasteiger partial charge in [0.1, 0.15) is 11.3 Å². The third-order valence-electron chi connectivity index (χ3n) is 5.34. The zero-order valence-corrected chi connectivity index (χ0v) is 19.0. The third-order valence-corrected chi connectivity index (χ3v) is 6.08. The molecule has 4 rings (SSSR count). The predicted molar refractivity (Wildman–Crippen MR) is 123 cm³/mol. The van der Waals surface area contributed by atoms with Crippen LogP contribution in [0.2, 0.25) is 0 Å². The highest BCUT2D eigenvalue weighted by molar-refractivity contribution is 7.88. The molecule has 2 heterocycles. The molecule has 168 valence electrons. The lowest BCUT2D eigenvalue weighted by molar-refractivity contribution is 0.0993. The van der Waals surface area contributed by atoms with E-state index in [1.807, 2.05) is 26.8 Å².